The van der Waals surface area contributed by atoms with Crippen molar-refractivity contribution in [1.29, 1.82) is 0 Å². The smallest absolute Gasteiger partial charge is 0.130 e. The number of aliphatic hydroxyl groups excluding tert-OH is 2. The van der Waals surface area contributed by atoms with Gasteiger partial charge in [0.2, 0.25) is 0 Å². The van der Waals surface area contributed by atoms with Crippen molar-refractivity contribution < 1.29 is 29.3 Å². The number of aldehydes is 1. The molecule has 0 amide bonds. The van der Waals surface area contributed by atoms with E-state index >= 15 is 0 Å². The molecule has 0 saturated heterocycles. The molecule has 2 aliphatic carbocycles. The van der Waals surface area contributed by atoms with Crippen LogP contribution in [0.5, 0.6) is 0 Å². The highest BCUT2D eigenvalue weighted by atomic mass is 16.3. The summed E-state index contributed by atoms with van der Waals surface area (Å²) < 4.78 is 5.10. The Hall–Kier alpha value is -1.50. The van der Waals surface area contributed by atoms with Crippen molar-refractivity contribution in [2.75, 3.05) is 0 Å². The second-order valence-corrected chi connectivity index (χ2v) is 9.88. The summed E-state index contributed by atoms with van der Waals surface area (Å²) in [5, 5.41) is 32.8. The van der Waals surface area contributed by atoms with Gasteiger partial charge in [-0.1, -0.05) is 13.8 Å². The molecule has 0 bridgehead atoms. The van der Waals surface area contributed by atoms with E-state index in [4.69, 9.17) is 4.42 Å². The van der Waals surface area contributed by atoms with Gasteiger partial charge in [-0.15, -0.1) is 0 Å². The lowest BCUT2D eigenvalue weighted by atomic mass is 9.40. The van der Waals surface area contributed by atoms with E-state index in [9.17, 15) is 24.9 Å². The van der Waals surface area contributed by atoms with Crippen LogP contribution in [-0.2, 0) is 9.59 Å². The summed E-state index contributed by atoms with van der Waals surface area (Å²) in [5.41, 5.74) is -2.46. The topological polar surface area (TPSA) is 108 Å². The first-order valence-corrected chi connectivity index (χ1v) is 10.6. The molecule has 1 heterocycles. The number of ketones is 1. The van der Waals surface area contributed by atoms with Crippen molar-refractivity contribution in [1.82, 2.24) is 0 Å². The summed E-state index contributed by atoms with van der Waals surface area (Å²) in [5.74, 6) is -0.442. The van der Waals surface area contributed by atoms with Crippen molar-refractivity contribution in [2.45, 2.75) is 77.6 Å². The number of carbonyl (C=O) groups excluding carboxylic acids is 2. The van der Waals surface area contributed by atoms with Gasteiger partial charge < -0.3 is 29.3 Å². The lowest BCUT2D eigenvalue weighted by molar-refractivity contribution is -0.245. The molecule has 0 aromatic carbocycles. The van der Waals surface area contributed by atoms with E-state index in [1.807, 2.05) is 13.8 Å². The monoisotopic (exact) mass is 406 g/mol. The zero-order valence-electron chi connectivity index (χ0n) is 17.8. The minimum Gasteiger partial charge on any atom is -0.472 e. The molecule has 3 rings (SSSR count). The minimum absolute atomic E-state index is 0.0371. The van der Waals surface area contributed by atoms with Crippen LogP contribution >= 0.6 is 0 Å². The van der Waals surface area contributed by atoms with Gasteiger partial charge in [0.25, 0.3) is 0 Å². The summed E-state index contributed by atoms with van der Waals surface area (Å²) in [6, 6.07) is 1.68. The van der Waals surface area contributed by atoms with Gasteiger partial charge in [-0.25, -0.2) is 0 Å². The second-order valence-electron chi connectivity index (χ2n) is 9.88. The summed E-state index contributed by atoms with van der Waals surface area (Å²) in [6.45, 7) is 7.11. The third-order valence-corrected chi connectivity index (χ3v) is 8.44. The Labute approximate surface area is 172 Å². The molecular weight excluding hydrogens is 372 g/mol. The zero-order valence-corrected chi connectivity index (χ0v) is 17.8. The quantitative estimate of drug-likeness (QED) is 0.627. The van der Waals surface area contributed by atoms with Gasteiger partial charge in [-0.2, -0.15) is 0 Å². The molecule has 2 aliphatic rings. The maximum Gasteiger partial charge on any atom is 0.130 e. The van der Waals surface area contributed by atoms with E-state index < -0.39 is 28.6 Å². The molecule has 0 spiro atoms. The first kappa shape index (κ1) is 22.2. The Kier molecular flexibility index (Phi) is 5.84. The lowest BCUT2D eigenvalue weighted by Gasteiger charge is -2.65. The highest BCUT2D eigenvalue weighted by molar-refractivity contribution is 5.76. The van der Waals surface area contributed by atoms with Crippen LogP contribution in [0.4, 0.5) is 0 Å². The average Bonchev–Trinajstić information content (AvgIpc) is 3.18. The molecule has 6 heteroatoms. The van der Waals surface area contributed by atoms with Crippen molar-refractivity contribution in [3.63, 3.8) is 0 Å². The highest BCUT2D eigenvalue weighted by Crippen LogP contribution is 2.66. The maximum absolute atomic E-state index is 12.8. The van der Waals surface area contributed by atoms with Crippen molar-refractivity contribution in [3.8, 4) is 0 Å². The van der Waals surface area contributed by atoms with E-state index in [2.05, 4.69) is 0 Å². The number of hydrogen-bond acceptors (Lipinski definition) is 6. The summed E-state index contributed by atoms with van der Waals surface area (Å²) >= 11 is 0. The van der Waals surface area contributed by atoms with Crippen LogP contribution < -0.4 is 0 Å². The molecule has 2 fully saturated rings. The Morgan fingerprint density at radius 1 is 1.38 bits per heavy atom. The van der Waals surface area contributed by atoms with E-state index in [1.165, 1.54) is 19.5 Å². The van der Waals surface area contributed by atoms with Crippen LogP contribution in [0.2, 0.25) is 0 Å². The van der Waals surface area contributed by atoms with E-state index in [1.54, 1.807) is 13.0 Å². The lowest BCUT2D eigenvalue weighted by Crippen LogP contribution is -2.67. The molecule has 1 aromatic rings. The van der Waals surface area contributed by atoms with Crippen molar-refractivity contribution in [3.05, 3.63) is 24.2 Å². The normalized spacial score (nSPS) is 43.4. The molecule has 0 aliphatic heterocycles. The first-order valence-electron chi connectivity index (χ1n) is 10.6. The molecule has 3 N–H and O–H groups in total. The Morgan fingerprint density at radius 2 is 2.07 bits per heavy atom. The van der Waals surface area contributed by atoms with E-state index in [0.29, 0.717) is 31.2 Å². The molecule has 8 atom stereocenters. The molecule has 1 aromatic heterocycles. The second kappa shape index (κ2) is 7.64. The number of aliphatic hydroxyl groups is 3. The average molecular weight is 407 g/mol. The van der Waals surface area contributed by atoms with Gasteiger partial charge in [0.15, 0.2) is 0 Å². The van der Waals surface area contributed by atoms with E-state index in [-0.39, 0.29) is 30.0 Å². The number of fused-ring (bicyclic) bond motifs is 1. The molecule has 2 saturated carbocycles. The third-order valence-electron chi connectivity index (χ3n) is 8.44. The first-order chi connectivity index (χ1) is 13.5. The largest absolute Gasteiger partial charge is 0.472 e. The van der Waals surface area contributed by atoms with Crippen LogP contribution in [0.3, 0.4) is 0 Å². The summed E-state index contributed by atoms with van der Waals surface area (Å²) in [7, 11) is 0. The van der Waals surface area contributed by atoms with Crippen molar-refractivity contribution >= 4 is 12.1 Å². The highest BCUT2D eigenvalue weighted by Gasteiger charge is 2.66. The zero-order chi connectivity index (χ0) is 21.6. The van der Waals surface area contributed by atoms with Crippen LogP contribution in [0.1, 0.15) is 71.5 Å². The molecule has 0 unspecified atom stereocenters. The van der Waals surface area contributed by atoms with Gasteiger partial charge in [0.05, 0.1) is 30.3 Å². The number of Topliss-reactive ketones (excluding diaryl/α,β-unsaturated/α-hetero) is 1. The van der Waals surface area contributed by atoms with Crippen LogP contribution in [0.25, 0.3) is 0 Å². The Balaban J connectivity index is 2.09. The number of rotatable bonds is 6. The fourth-order valence-corrected chi connectivity index (χ4v) is 6.45. The standard InChI is InChI=1S/C23H34O6/c1-14(25)9-17-10-21(3)19(5-6-20(27)22(21,4)28)23(13-24,15(17)2)11-18(26)16-7-8-29-12-16/h7-8,12-13,15,17-20,26-28H,5-6,9-11H2,1-4H3/t15-,17+,18+,19-,20+,21-,22-,23+/m0/s1. The molecule has 162 valence electrons. The number of carbonyl (C=O) groups is 2. The molecular formula is C23H34O6. The molecule has 0 radical (unpaired) electrons. The molecule has 29 heavy (non-hydrogen) atoms. The predicted molar refractivity (Wildman–Crippen MR) is 107 cm³/mol. The summed E-state index contributed by atoms with van der Waals surface area (Å²) in [6.07, 6.45) is 4.17. The number of hydrogen-bond donors (Lipinski definition) is 3. The van der Waals surface area contributed by atoms with E-state index in [0.717, 1.165) is 6.29 Å². The van der Waals surface area contributed by atoms with Gasteiger partial charge >= 0.3 is 0 Å². The maximum atomic E-state index is 12.8. The van der Waals surface area contributed by atoms with Gasteiger partial charge in [-0.3, -0.25) is 0 Å². The van der Waals surface area contributed by atoms with Crippen LogP contribution in [0, 0.1) is 28.6 Å². The third kappa shape index (κ3) is 3.39. The summed E-state index contributed by atoms with van der Waals surface area (Å²) in [4.78, 5) is 24.7. The van der Waals surface area contributed by atoms with Gasteiger partial charge in [0, 0.05) is 22.8 Å². The Morgan fingerprint density at radius 3 is 2.62 bits per heavy atom. The predicted octanol–water partition coefficient (Wildman–Crippen LogP) is 3.05. The van der Waals surface area contributed by atoms with Crippen LogP contribution in [0.15, 0.2) is 23.0 Å². The van der Waals surface area contributed by atoms with Gasteiger partial charge in [0.1, 0.15) is 12.1 Å². The fraction of sp³-hybridized carbons (Fsp3) is 0.739. The van der Waals surface area contributed by atoms with Crippen molar-refractivity contribution in [2.24, 2.45) is 28.6 Å². The fourth-order valence-electron chi connectivity index (χ4n) is 6.45. The SMILES string of the molecule is CC(=O)C[C@@H]1C[C@@]2(C)[C@H](CC[C@@H](O)[C@]2(C)O)[C@@](C=O)(C[C@@H](O)c2ccoc2)[C@H]1C. The van der Waals surface area contributed by atoms with Gasteiger partial charge in [-0.05, 0) is 63.4 Å². The number of furan rings is 1. The van der Waals surface area contributed by atoms with Crippen LogP contribution in [-0.4, -0.2) is 39.1 Å². The minimum atomic E-state index is -1.39. The Bertz CT molecular complexity index is 741. The molecule has 6 nitrogen and oxygen atoms in total.